The van der Waals surface area contributed by atoms with Crippen molar-refractivity contribution in [3.05, 3.63) is 144 Å². The smallest absolute Gasteiger partial charge is 0.348 e. The van der Waals surface area contributed by atoms with Gasteiger partial charge in [0, 0.05) is 12.6 Å². The SMILES string of the molecule is C[C@H](O[PH](=O)CCCCc1ccccc1)C(=O)O[C@@H](Cc1ccccc1)C(=O)OC(c1ccccc1)c1ccccc1. The summed E-state index contributed by atoms with van der Waals surface area (Å²) in [7, 11) is -2.46. The van der Waals surface area contributed by atoms with E-state index in [4.69, 9.17) is 14.0 Å². The van der Waals surface area contributed by atoms with Crippen LogP contribution in [0.4, 0.5) is 0 Å². The minimum atomic E-state index is -2.46. The number of hydrogen-bond donors (Lipinski definition) is 0. The van der Waals surface area contributed by atoms with Gasteiger partial charge in [-0.1, -0.05) is 121 Å². The fourth-order valence-corrected chi connectivity index (χ4v) is 5.71. The monoisotopic (exact) mass is 584 g/mol. The van der Waals surface area contributed by atoms with Gasteiger partial charge in [-0.2, -0.15) is 0 Å². The van der Waals surface area contributed by atoms with Crippen molar-refractivity contribution < 1.29 is 28.2 Å². The molecule has 0 saturated heterocycles. The zero-order valence-electron chi connectivity index (χ0n) is 23.8. The Morgan fingerprint density at radius 3 is 1.69 bits per heavy atom. The zero-order valence-corrected chi connectivity index (χ0v) is 24.8. The Kier molecular flexibility index (Phi) is 12.1. The lowest BCUT2D eigenvalue weighted by molar-refractivity contribution is -0.173. The Hall–Kier alpha value is -3.99. The summed E-state index contributed by atoms with van der Waals surface area (Å²) in [5.41, 5.74) is 3.63. The number of rotatable bonds is 15. The number of carbonyl (C=O) groups is 2. The maximum Gasteiger partial charge on any atom is 0.348 e. The summed E-state index contributed by atoms with van der Waals surface area (Å²) in [5, 5.41) is 0. The summed E-state index contributed by atoms with van der Waals surface area (Å²) in [5.74, 6) is -1.43. The first-order valence-electron chi connectivity index (χ1n) is 14.3. The molecule has 0 bridgehead atoms. The second kappa shape index (κ2) is 16.5. The molecule has 0 aliphatic heterocycles. The number of benzene rings is 4. The first-order chi connectivity index (χ1) is 20.5. The van der Waals surface area contributed by atoms with E-state index >= 15 is 0 Å². The van der Waals surface area contributed by atoms with E-state index in [1.54, 1.807) is 0 Å². The van der Waals surface area contributed by atoms with Crippen molar-refractivity contribution in [1.82, 2.24) is 0 Å². The number of unbranched alkanes of at least 4 members (excludes halogenated alkanes) is 1. The van der Waals surface area contributed by atoms with Crippen LogP contribution in [0.1, 0.15) is 48.1 Å². The van der Waals surface area contributed by atoms with E-state index in [9.17, 15) is 14.2 Å². The highest BCUT2D eigenvalue weighted by atomic mass is 31.1. The van der Waals surface area contributed by atoms with Crippen molar-refractivity contribution in [3.8, 4) is 0 Å². The first-order valence-corrected chi connectivity index (χ1v) is 15.8. The average molecular weight is 585 g/mol. The Bertz CT molecular complexity index is 1360. The van der Waals surface area contributed by atoms with Gasteiger partial charge in [-0.05, 0) is 48.4 Å². The molecule has 0 fully saturated rings. The van der Waals surface area contributed by atoms with Crippen molar-refractivity contribution in [2.24, 2.45) is 0 Å². The minimum absolute atomic E-state index is 0.128. The molecule has 0 spiro atoms. The molecule has 4 rings (SSSR count). The van der Waals surface area contributed by atoms with Crippen LogP contribution in [-0.4, -0.2) is 30.3 Å². The van der Waals surface area contributed by atoms with E-state index in [-0.39, 0.29) is 6.42 Å². The highest BCUT2D eigenvalue weighted by Gasteiger charge is 2.31. The third-order valence-electron chi connectivity index (χ3n) is 6.80. The van der Waals surface area contributed by atoms with Gasteiger partial charge in [0.15, 0.2) is 20.2 Å². The quantitative estimate of drug-likeness (QED) is 0.0825. The van der Waals surface area contributed by atoms with Crippen molar-refractivity contribution in [3.63, 3.8) is 0 Å². The van der Waals surface area contributed by atoms with Crippen molar-refractivity contribution in [2.75, 3.05) is 6.16 Å². The van der Waals surface area contributed by atoms with Gasteiger partial charge < -0.3 is 14.0 Å². The Balaban J connectivity index is 1.39. The normalized spacial score (nSPS) is 13.2. The Morgan fingerprint density at radius 1 is 0.643 bits per heavy atom. The number of esters is 2. The molecule has 0 amide bonds. The van der Waals surface area contributed by atoms with Crippen molar-refractivity contribution in [1.29, 1.82) is 0 Å². The molecule has 42 heavy (non-hydrogen) atoms. The Morgan fingerprint density at radius 2 is 1.14 bits per heavy atom. The molecule has 0 aliphatic rings. The number of carbonyl (C=O) groups excluding carboxylic acids is 2. The van der Waals surface area contributed by atoms with Crippen LogP contribution in [-0.2, 0) is 41.0 Å². The van der Waals surface area contributed by atoms with Gasteiger partial charge in [0.1, 0.15) is 0 Å². The van der Waals surface area contributed by atoms with Crippen LogP contribution in [0.5, 0.6) is 0 Å². The molecule has 0 aromatic heterocycles. The third-order valence-corrected chi connectivity index (χ3v) is 8.18. The predicted octanol–water partition coefficient (Wildman–Crippen LogP) is 7.38. The molecule has 0 aliphatic carbocycles. The predicted molar refractivity (Wildman–Crippen MR) is 165 cm³/mol. The number of ether oxygens (including phenoxy) is 2. The Labute approximate surface area is 248 Å². The van der Waals surface area contributed by atoms with E-state index < -0.39 is 38.3 Å². The van der Waals surface area contributed by atoms with Crippen LogP contribution < -0.4 is 0 Å². The van der Waals surface area contributed by atoms with Gasteiger partial charge in [-0.25, -0.2) is 9.59 Å². The van der Waals surface area contributed by atoms with E-state index in [1.807, 2.05) is 109 Å². The maximum atomic E-state index is 13.6. The molecule has 0 heterocycles. The van der Waals surface area contributed by atoms with Gasteiger partial charge in [-0.15, -0.1) is 0 Å². The number of hydrogen-bond acceptors (Lipinski definition) is 6. The molecule has 0 saturated carbocycles. The van der Waals surface area contributed by atoms with Gasteiger partial charge in [0.25, 0.3) is 0 Å². The molecule has 218 valence electrons. The van der Waals surface area contributed by atoms with Crippen LogP contribution in [0.15, 0.2) is 121 Å². The highest BCUT2D eigenvalue weighted by Crippen LogP contribution is 2.29. The average Bonchev–Trinajstić information content (AvgIpc) is 3.03. The summed E-state index contributed by atoms with van der Waals surface area (Å²) < 4.78 is 29.8. The van der Waals surface area contributed by atoms with Gasteiger partial charge >= 0.3 is 11.9 Å². The lowest BCUT2D eigenvalue weighted by Gasteiger charge is -2.24. The van der Waals surface area contributed by atoms with Crippen LogP contribution in [0.25, 0.3) is 0 Å². The van der Waals surface area contributed by atoms with Crippen LogP contribution >= 0.6 is 8.03 Å². The molecule has 0 N–H and O–H groups in total. The molecule has 6 nitrogen and oxygen atoms in total. The lowest BCUT2D eigenvalue weighted by atomic mass is 10.0. The highest BCUT2D eigenvalue weighted by molar-refractivity contribution is 7.39. The maximum absolute atomic E-state index is 13.6. The second-order valence-corrected chi connectivity index (χ2v) is 11.6. The second-order valence-electron chi connectivity index (χ2n) is 10.1. The van der Waals surface area contributed by atoms with E-state index in [0.29, 0.717) is 6.16 Å². The summed E-state index contributed by atoms with van der Waals surface area (Å²) >= 11 is 0. The fraction of sp³-hybridized carbons (Fsp3) is 0.257. The van der Waals surface area contributed by atoms with Crippen molar-refractivity contribution in [2.45, 2.75) is 50.9 Å². The van der Waals surface area contributed by atoms with Crippen LogP contribution in [0.3, 0.4) is 0 Å². The van der Waals surface area contributed by atoms with Crippen molar-refractivity contribution >= 4 is 20.0 Å². The summed E-state index contributed by atoms with van der Waals surface area (Å²) in [6, 6.07) is 38.2. The summed E-state index contributed by atoms with van der Waals surface area (Å²) in [6.45, 7) is 1.50. The molecule has 0 radical (unpaired) electrons. The first kappa shape index (κ1) is 31.0. The zero-order chi connectivity index (χ0) is 29.6. The number of aryl methyl sites for hydroxylation is 1. The third kappa shape index (κ3) is 9.83. The molecule has 4 aromatic carbocycles. The van der Waals surface area contributed by atoms with Crippen LogP contribution in [0.2, 0.25) is 0 Å². The molecule has 7 heteroatoms. The molecule has 3 atom stereocenters. The van der Waals surface area contributed by atoms with E-state index in [0.717, 1.165) is 36.0 Å². The van der Waals surface area contributed by atoms with Gasteiger partial charge in [0.05, 0.1) is 0 Å². The molecular formula is C35H37O6P. The minimum Gasteiger partial charge on any atom is -0.450 e. The van der Waals surface area contributed by atoms with Gasteiger partial charge in [-0.3, -0.25) is 4.57 Å². The van der Waals surface area contributed by atoms with E-state index in [1.165, 1.54) is 12.5 Å². The molecule has 4 aromatic rings. The molecular weight excluding hydrogens is 547 g/mol. The fourth-order valence-electron chi connectivity index (χ4n) is 4.56. The largest absolute Gasteiger partial charge is 0.450 e. The summed E-state index contributed by atoms with van der Waals surface area (Å²) in [6.07, 6.45) is 0.00510. The van der Waals surface area contributed by atoms with Gasteiger partial charge in [0.2, 0.25) is 6.10 Å². The topological polar surface area (TPSA) is 78.9 Å². The standard InChI is InChI=1S/C35H37O6P/c1-27(41-42(38)25-15-14-18-28-16-6-2-7-17-28)34(36)39-32(26-29-19-8-3-9-20-29)35(37)40-33(30-21-10-4-11-22-30)31-23-12-5-13-24-31/h2-13,16-17,19-24,27,32-33,42H,14-15,18,25-26H2,1H3/t27-,32-/m0/s1. The molecule has 1 unspecified atom stereocenters. The summed E-state index contributed by atoms with van der Waals surface area (Å²) in [4.78, 5) is 26.6. The van der Waals surface area contributed by atoms with E-state index in [2.05, 4.69) is 12.1 Å². The van der Waals surface area contributed by atoms with Crippen LogP contribution in [0, 0.1) is 0 Å². The lowest BCUT2D eigenvalue weighted by Crippen LogP contribution is -2.35.